The molecular formula is C14H12BrN5O. The molecule has 0 saturated heterocycles. The number of halogens is 1. The third-order valence-electron chi connectivity index (χ3n) is 2.94. The number of aliphatic hydroxyl groups is 1. The minimum atomic E-state index is -0.696. The van der Waals surface area contributed by atoms with E-state index in [0.717, 1.165) is 15.6 Å². The molecule has 0 aliphatic heterocycles. The Hall–Kier alpha value is -2.12. The highest BCUT2D eigenvalue weighted by molar-refractivity contribution is 9.10. The maximum absolute atomic E-state index is 10.2. The standard InChI is InChI=1S/C14H12BrN5O/c15-12-5-1-3-10(7-12)13(21)9-20-18-14(17-19-20)11-4-2-6-16-8-11/h1-8,13,21H,9H2. The van der Waals surface area contributed by atoms with Crippen LogP contribution >= 0.6 is 15.9 Å². The van der Waals surface area contributed by atoms with Gasteiger partial charge < -0.3 is 5.11 Å². The summed E-state index contributed by atoms with van der Waals surface area (Å²) in [5.41, 5.74) is 1.59. The van der Waals surface area contributed by atoms with Crippen molar-refractivity contribution in [1.29, 1.82) is 0 Å². The van der Waals surface area contributed by atoms with Crippen LogP contribution in [0.1, 0.15) is 11.7 Å². The molecule has 0 amide bonds. The Balaban J connectivity index is 1.75. The van der Waals surface area contributed by atoms with Crippen LogP contribution in [0, 0.1) is 0 Å². The summed E-state index contributed by atoms with van der Waals surface area (Å²) in [5.74, 6) is 0.490. The van der Waals surface area contributed by atoms with E-state index < -0.39 is 6.10 Å². The Morgan fingerprint density at radius 3 is 2.90 bits per heavy atom. The minimum absolute atomic E-state index is 0.240. The lowest BCUT2D eigenvalue weighted by Crippen LogP contribution is -2.11. The van der Waals surface area contributed by atoms with Gasteiger partial charge in [0.05, 0.1) is 6.54 Å². The third-order valence-corrected chi connectivity index (χ3v) is 3.44. The Kier molecular flexibility index (Phi) is 4.03. The second kappa shape index (κ2) is 6.11. The van der Waals surface area contributed by atoms with E-state index in [4.69, 9.17) is 0 Å². The Morgan fingerprint density at radius 1 is 1.24 bits per heavy atom. The average molecular weight is 346 g/mol. The molecule has 3 rings (SSSR count). The molecule has 1 atom stereocenters. The molecule has 3 aromatic rings. The van der Waals surface area contributed by atoms with Crippen LogP contribution < -0.4 is 0 Å². The number of tetrazole rings is 1. The largest absolute Gasteiger partial charge is 0.386 e. The second-order valence-corrected chi connectivity index (χ2v) is 5.40. The average Bonchev–Trinajstić information content (AvgIpc) is 2.97. The molecule has 1 unspecified atom stereocenters. The number of hydrogen-bond acceptors (Lipinski definition) is 5. The van der Waals surface area contributed by atoms with Gasteiger partial charge in [-0.1, -0.05) is 28.1 Å². The lowest BCUT2D eigenvalue weighted by Gasteiger charge is -2.09. The number of hydrogen-bond donors (Lipinski definition) is 1. The summed E-state index contributed by atoms with van der Waals surface area (Å²) >= 11 is 3.38. The number of benzene rings is 1. The Labute approximate surface area is 129 Å². The first-order valence-electron chi connectivity index (χ1n) is 6.34. The summed E-state index contributed by atoms with van der Waals surface area (Å²) in [6.07, 6.45) is 2.66. The van der Waals surface area contributed by atoms with Gasteiger partial charge in [0, 0.05) is 22.4 Å². The Morgan fingerprint density at radius 2 is 2.14 bits per heavy atom. The minimum Gasteiger partial charge on any atom is -0.386 e. The summed E-state index contributed by atoms with van der Waals surface area (Å²) in [6, 6.07) is 11.2. The summed E-state index contributed by atoms with van der Waals surface area (Å²) in [7, 11) is 0. The van der Waals surface area contributed by atoms with Crippen LogP contribution in [0.5, 0.6) is 0 Å². The van der Waals surface area contributed by atoms with E-state index >= 15 is 0 Å². The molecule has 1 N–H and O–H groups in total. The van der Waals surface area contributed by atoms with Crippen LogP contribution in [0.25, 0.3) is 11.4 Å². The summed E-state index contributed by atoms with van der Waals surface area (Å²) in [6.45, 7) is 0.240. The van der Waals surface area contributed by atoms with Crippen molar-refractivity contribution in [3.63, 3.8) is 0 Å². The molecule has 0 saturated carbocycles. The van der Waals surface area contributed by atoms with Gasteiger partial charge in [0.1, 0.15) is 6.10 Å². The summed E-state index contributed by atoms with van der Waals surface area (Å²) in [5, 5.41) is 22.4. The predicted molar refractivity (Wildman–Crippen MR) is 80.1 cm³/mol. The Bertz CT molecular complexity index is 731. The fraction of sp³-hybridized carbons (Fsp3) is 0.143. The van der Waals surface area contributed by atoms with Crippen LogP contribution in [-0.4, -0.2) is 30.3 Å². The van der Waals surface area contributed by atoms with Crippen molar-refractivity contribution in [1.82, 2.24) is 25.2 Å². The molecule has 0 radical (unpaired) electrons. The summed E-state index contributed by atoms with van der Waals surface area (Å²) in [4.78, 5) is 5.40. The van der Waals surface area contributed by atoms with Crippen molar-refractivity contribution >= 4 is 15.9 Å². The van der Waals surface area contributed by atoms with E-state index in [0.29, 0.717) is 5.82 Å². The predicted octanol–water partition coefficient (Wildman–Crippen LogP) is 2.23. The fourth-order valence-electron chi connectivity index (χ4n) is 1.91. The van der Waals surface area contributed by atoms with Gasteiger partial charge in [0.2, 0.25) is 5.82 Å². The van der Waals surface area contributed by atoms with Gasteiger partial charge in [-0.25, -0.2) is 0 Å². The number of aromatic nitrogens is 5. The molecule has 6 nitrogen and oxygen atoms in total. The highest BCUT2D eigenvalue weighted by Gasteiger charge is 2.12. The highest BCUT2D eigenvalue weighted by atomic mass is 79.9. The lowest BCUT2D eigenvalue weighted by atomic mass is 10.1. The van der Waals surface area contributed by atoms with Crippen LogP contribution in [-0.2, 0) is 6.54 Å². The van der Waals surface area contributed by atoms with Crippen LogP contribution in [0.2, 0.25) is 0 Å². The van der Waals surface area contributed by atoms with E-state index in [1.165, 1.54) is 4.80 Å². The molecule has 2 heterocycles. The van der Waals surface area contributed by atoms with Gasteiger partial charge in [0.25, 0.3) is 0 Å². The fourth-order valence-corrected chi connectivity index (χ4v) is 2.32. The number of aliphatic hydroxyl groups excluding tert-OH is 1. The van der Waals surface area contributed by atoms with Gasteiger partial charge in [-0.3, -0.25) is 4.98 Å². The topological polar surface area (TPSA) is 76.7 Å². The monoisotopic (exact) mass is 345 g/mol. The first-order valence-corrected chi connectivity index (χ1v) is 7.13. The molecule has 2 aromatic heterocycles. The van der Waals surface area contributed by atoms with E-state index in [9.17, 15) is 5.11 Å². The van der Waals surface area contributed by atoms with Gasteiger partial charge in [-0.15, -0.1) is 10.2 Å². The number of nitrogens with zero attached hydrogens (tertiary/aromatic N) is 5. The first-order chi connectivity index (χ1) is 10.2. The SMILES string of the molecule is OC(Cn1nnc(-c2cccnc2)n1)c1cccc(Br)c1. The van der Waals surface area contributed by atoms with Gasteiger partial charge in [-0.2, -0.15) is 4.80 Å². The van der Waals surface area contributed by atoms with E-state index in [1.54, 1.807) is 12.4 Å². The molecule has 0 bridgehead atoms. The zero-order chi connectivity index (χ0) is 14.7. The van der Waals surface area contributed by atoms with Crippen molar-refractivity contribution in [2.24, 2.45) is 0 Å². The smallest absolute Gasteiger partial charge is 0.206 e. The molecule has 0 spiro atoms. The molecule has 106 valence electrons. The molecular weight excluding hydrogens is 334 g/mol. The van der Waals surface area contributed by atoms with Crippen molar-refractivity contribution in [2.45, 2.75) is 12.6 Å². The maximum Gasteiger partial charge on any atom is 0.206 e. The highest BCUT2D eigenvalue weighted by Crippen LogP contribution is 2.19. The molecule has 0 fully saturated rings. The van der Waals surface area contributed by atoms with E-state index in [-0.39, 0.29) is 6.54 Å². The molecule has 21 heavy (non-hydrogen) atoms. The van der Waals surface area contributed by atoms with Crippen molar-refractivity contribution in [3.8, 4) is 11.4 Å². The van der Waals surface area contributed by atoms with Crippen molar-refractivity contribution in [3.05, 3.63) is 58.8 Å². The van der Waals surface area contributed by atoms with E-state index in [2.05, 4.69) is 36.3 Å². The third kappa shape index (κ3) is 3.32. The van der Waals surface area contributed by atoms with Gasteiger partial charge in [-0.05, 0) is 35.0 Å². The number of pyridine rings is 1. The molecule has 1 aromatic carbocycles. The molecule has 0 aliphatic carbocycles. The summed E-state index contributed by atoms with van der Waals surface area (Å²) < 4.78 is 0.918. The van der Waals surface area contributed by atoms with Crippen molar-refractivity contribution < 1.29 is 5.11 Å². The van der Waals surface area contributed by atoms with Crippen LogP contribution in [0.3, 0.4) is 0 Å². The first kappa shape index (κ1) is 13.8. The van der Waals surface area contributed by atoms with Gasteiger partial charge >= 0.3 is 0 Å². The zero-order valence-electron chi connectivity index (χ0n) is 11.0. The van der Waals surface area contributed by atoms with Crippen LogP contribution in [0.4, 0.5) is 0 Å². The quantitative estimate of drug-likeness (QED) is 0.784. The van der Waals surface area contributed by atoms with Crippen LogP contribution in [0.15, 0.2) is 53.3 Å². The normalized spacial score (nSPS) is 12.3. The van der Waals surface area contributed by atoms with Crippen molar-refractivity contribution in [2.75, 3.05) is 0 Å². The lowest BCUT2D eigenvalue weighted by molar-refractivity contribution is 0.144. The number of rotatable bonds is 4. The van der Waals surface area contributed by atoms with E-state index in [1.807, 2.05) is 36.4 Å². The maximum atomic E-state index is 10.2. The molecule has 0 aliphatic rings. The van der Waals surface area contributed by atoms with Gasteiger partial charge in [0.15, 0.2) is 0 Å². The zero-order valence-corrected chi connectivity index (χ0v) is 12.6. The molecule has 7 heteroatoms. The second-order valence-electron chi connectivity index (χ2n) is 4.48.